The minimum absolute atomic E-state index is 0.607. The lowest BCUT2D eigenvalue weighted by atomic mass is 9.86. The van der Waals surface area contributed by atoms with Gasteiger partial charge in [-0.2, -0.15) is 0 Å². The van der Waals surface area contributed by atoms with Gasteiger partial charge in [0.1, 0.15) is 0 Å². The van der Waals surface area contributed by atoms with Crippen molar-refractivity contribution >= 4 is 75.5 Å². The van der Waals surface area contributed by atoms with Crippen LogP contribution in [0.3, 0.4) is 0 Å². The zero-order valence-corrected chi connectivity index (χ0v) is 48.6. The maximum absolute atomic E-state index is 5.78. The van der Waals surface area contributed by atoms with E-state index in [1.807, 2.05) is 60.7 Å². The van der Waals surface area contributed by atoms with Crippen molar-refractivity contribution in [3.8, 4) is 113 Å². The van der Waals surface area contributed by atoms with Crippen molar-refractivity contribution in [2.24, 2.45) is 0 Å². The number of aromatic nitrogens is 6. The van der Waals surface area contributed by atoms with Gasteiger partial charge in [0.05, 0.1) is 34.0 Å². The van der Waals surface area contributed by atoms with Crippen LogP contribution in [0.4, 0.5) is 0 Å². The van der Waals surface area contributed by atoms with Crippen LogP contribution < -0.4 is 0 Å². The van der Waals surface area contributed by atoms with Crippen molar-refractivity contribution < 1.29 is 0 Å². The van der Waals surface area contributed by atoms with Gasteiger partial charge in [0.25, 0.3) is 0 Å². The summed E-state index contributed by atoms with van der Waals surface area (Å²) in [6.07, 6.45) is 0. The molecule has 0 bridgehead atoms. The molecule has 6 heteroatoms. The second-order valence-electron chi connectivity index (χ2n) is 23.3. The molecule has 18 aromatic rings. The standard InChI is InChI=1S/C84H50N6/c1-5-15-51(16-6-1)72-49-74(87-82(85-72)62-19-9-3-10-20-62)53-27-35-61(36-28-53)80-71-48-65(66-43-39-59-33-31-55-23-13-25-57-41-45-68(66)78(59)76(55)57)47-70(67-44-40-60-34-32-56-24-14-26-58-42-46-69(67)79(60)77(56)58)81(71)90-84(89-80)64-37-29-54(30-38-64)75-50-73(52-17-7-2-8-18-52)86-83(88-75)63-21-11-4-12-22-63/h1-50H. The number of nitrogens with zero attached hydrogens (tertiary/aromatic N) is 6. The first kappa shape index (κ1) is 51.1. The zero-order valence-electron chi connectivity index (χ0n) is 48.6. The molecule has 416 valence electrons. The number of fused-ring (bicyclic) bond motifs is 1. The van der Waals surface area contributed by atoms with Crippen LogP contribution in [0.2, 0.25) is 0 Å². The van der Waals surface area contributed by atoms with Crippen molar-refractivity contribution in [1.29, 1.82) is 0 Å². The molecule has 0 radical (unpaired) electrons. The lowest BCUT2D eigenvalue weighted by Gasteiger charge is -2.19. The smallest absolute Gasteiger partial charge is 0.160 e. The van der Waals surface area contributed by atoms with E-state index in [0.29, 0.717) is 17.5 Å². The highest BCUT2D eigenvalue weighted by molar-refractivity contribution is 6.28. The molecule has 0 aliphatic carbocycles. The van der Waals surface area contributed by atoms with Crippen molar-refractivity contribution in [1.82, 2.24) is 29.9 Å². The van der Waals surface area contributed by atoms with Crippen molar-refractivity contribution in [3.05, 3.63) is 303 Å². The monoisotopic (exact) mass is 1140 g/mol. The van der Waals surface area contributed by atoms with E-state index >= 15 is 0 Å². The van der Waals surface area contributed by atoms with Gasteiger partial charge >= 0.3 is 0 Å². The van der Waals surface area contributed by atoms with E-state index in [1.165, 1.54) is 64.6 Å². The number of hydrogen-bond acceptors (Lipinski definition) is 6. The largest absolute Gasteiger partial charge is 0.228 e. The molecule has 0 aliphatic rings. The van der Waals surface area contributed by atoms with Crippen LogP contribution in [0.25, 0.3) is 188 Å². The molecule has 3 heterocycles. The van der Waals surface area contributed by atoms with E-state index in [0.717, 1.165) is 106 Å². The molecule has 18 rings (SSSR count). The summed E-state index contributed by atoms with van der Waals surface area (Å²) in [5.41, 5.74) is 17.1. The fourth-order valence-electron chi connectivity index (χ4n) is 13.6. The average Bonchev–Trinajstić information content (AvgIpc) is 0.754. The molecule has 6 nitrogen and oxygen atoms in total. The molecule has 0 N–H and O–H groups in total. The Labute approximate surface area is 518 Å². The number of rotatable bonds is 10. The normalized spacial score (nSPS) is 11.8. The van der Waals surface area contributed by atoms with Crippen molar-refractivity contribution in [2.45, 2.75) is 0 Å². The summed E-state index contributed by atoms with van der Waals surface area (Å²) in [4.78, 5) is 32.1. The Hall–Kier alpha value is -12.1. The highest BCUT2D eigenvalue weighted by Gasteiger charge is 2.23. The lowest BCUT2D eigenvalue weighted by Crippen LogP contribution is -1.99. The third kappa shape index (κ3) is 8.64. The summed E-state index contributed by atoms with van der Waals surface area (Å²) in [6.45, 7) is 0. The molecule has 0 amide bonds. The van der Waals surface area contributed by atoms with Gasteiger partial charge in [-0.3, -0.25) is 0 Å². The summed E-state index contributed by atoms with van der Waals surface area (Å²) in [5, 5.41) is 15.7. The van der Waals surface area contributed by atoms with Gasteiger partial charge in [-0.05, 0) is 106 Å². The molecule has 0 saturated heterocycles. The Morgan fingerprint density at radius 3 is 0.989 bits per heavy atom. The van der Waals surface area contributed by atoms with Gasteiger partial charge in [-0.15, -0.1) is 0 Å². The molecule has 0 aliphatic heterocycles. The molecule has 15 aromatic carbocycles. The maximum Gasteiger partial charge on any atom is 0.160 e. The highest BCUT2D eigenvalue weighted by Crippen LogP contribution is 2.47. The maximum atomic E-state index is 5.78. The van der Waals surface area contributed by atoms with Crippen LogP contribution in [0.5, 0.6) is 0 Å². The van der Waals surface area contributed by atoms with Crippen LogP contribution in [0, 0.1) is 0 Å². The molecule has 0 atom stereocenters. The van der Waals surface area contributed by atoms with E-state index in [1.54, 1.807) is 0 Å². The molecule has 90 heavy (non-hydrogen) atoms. The first-order chi connectivity index (χ1) is 44.6. The molecular formula is C84H50N6. The number of hydrogen-bond donors (Lipinski definition) is 0. The van der Waals surface area contributed by atoms with Gasteiger partial charge in [0.2, 0.25) is 0 Å². The second kappa shape index (κ2) is 20.8. The molecule has 0 fully saturated rings. The lowest BCUT2D eigenvalue weighted by molar-refractivity contribution is 1.18. The van der Waals surface area contributed by atoms with Crippen molar-refractivity contribution in [2.75, 3.05) is 0 Å². The first-order valence-electron chi connectivity index (χ1n) is 30.5. The molecule has 3 aromatic heterocycles. The highest BCUT2D eigenvalue weighted by atomic mass is 14.9. The summed E-state index contributed by atoms with van der Waals surface area (Å²) in [7, 11) is 0. The fraction of sp³-hybridized carbons (Fsp3) is 0. The van der Waals surface area contributed by atoms with Gasteiger partial charge < -0.3 is 0 Å². The Bertz CT molecular complexity index is 5650. The predicted octanol–water partition coefficient (Wildman–Crippen LogP) is 21.7. The van der Waals surface area contributed by atoms with E-state index in [-0.39, 0.29) is 0 Å². The molecule has 0 unspecified atom stereocenters. The van der Waals surface area contributed by atoms with Crippen molar-refractivity contribution in [3.63, 3.8) is 0 Å². The van der Waals surface area contributed by atoms with Crippen LogP contribution >= 0.6 is 0 Å². The Kier molecular flexibility index (Phi) is 11.8. The molecule has 0 saturated carbocycles. The Balaban J connectivity index is 0.876. The van der Waals surface area contributed by atoms with Crippen LogP contribution in [-0.2, 0) is 0 Å². The summed E-state index contributed by atoms with van der Waals surface area (Å²) < 4.78 is 0. The first-order valence-corrected chi connectivity index (χ1v) is 30.5. The minimum Gasteiger partial charge on any atom is -0.228 e. The third-order valence-corrected chi connectivity index (χ3v) is 18.0. The SMILES string of the molecule is c1ccc(-c2cc(-c3ccc(-c4nc(-c5ccc(-c6cc(-c7ccccc7)nc(-c7ccccc7)n6)cc5)c5cc(-c6ccc7ccc8cccc9ccc6c7c89)cc(-c6ccc7ccc8cccc9ccc6c7c89)c5n4)cc3)nc(-c3ccccc3)n2)cc1. The van der Waals surface area contributed by atoms with Gasteiger partial charge in [0.15, 0.2) is 17.5 Å². The van der Waals surface area contributed by atoms with Crippen LogP contribution in [0.15, 0.2) is 303 Å². The van der Waals surface area contributed by atoms with Crippen LogP contribution in [-0.4, -0.2) is 29.9 Å². The van der Waals surface area contributed by atoms with Gasteiger partial charge in [0, 0.05) is 55.5 Å². The average molecular weight is 1140 g/mol. The quantitative estimate of drug-likeness (QED) is 0.127. The Morgan fingerprint density at radius 2 is 0.522 bits per heavy atom. The summed E-state index contributed by atoms with van der Waals surface area (Å²) >= 11 is 0. The minimum atomic E-state index is 0.607. The Morgan fingerprint density at radius 1 is 0.178 bits per heavy atom. The molecule has 0 spiro atoms. The fourth-order valence-corrected chi connectivity index (χ4v) is 13.6. The summed E-state index contributed by atoms with van der Waals surface area (Å²) in [5.74, 6) is 1.94. The second-order valence-corrected chi connectivity index (χ2v) is 23.3. The van der Waals surface area contributed by atoms with E-state index < -0.39 is 0 Å². The molecular weight excluding hydrogens is 1090 g/mol. The van der Waals surface area contributed by atoms with E-state index in [9.17, 15) is 0 Å². The third-order valence-electron chi connectivity index (χ3n) is 18.0. The topological polar surface area (TPSA) is 77.3 Å². The van der Waals surface area contributed by atoms with E-state index in [4.69, 9.17) is 29.9 Å². The zero-order chi connectivity index (χ0) is 59.2. The van der Waals surface area contributed by atoms with Gasteiger partial charge in [-0.1, -0.05) is 279 Å². The number of benzene rings is 15. The van der Waals surface area contributed by atoms with Gasteiger partial charge in [-0.25, -0.2) is 29.9 Å². The summed E-state index contributed by atoms with van der Waals surface area (Å²) in [6, 6.07) is 108. The predicted molar refractivity (Wildman–Crippen MR) is 372 cm³/mol. The van der Waals surface area contributed by atoms with Crippen LogP contribution in [0.1, 0.15) is 0 Å². The van der Waals surface area contributed by atoms with E-state index in [2.05, 4.69) is 243 Å².